The highest BCUT2D eigenvalue weighted by atomic mass is 16.5. The molecule has 0 saturated heterocycles. The summed E-state index contributed by atoms with van der Waals surface area (Å²) >= 11 is 0. The van der Waals surface area contributed by atoms with E-state index in [1.54, 1.807) is 0 Å². The Morgan fingerprint density at radius 2 is 1.48 bits per heavy atom. The Morgan fingerprint density at radius 1 is 0.871 bits per heavy atom. The van der Waals surface area contributed by atoms with Crippen LogP contribution in [0, 0.1) is 0 Å². The number of rotatable bonds is 11. The van der Waals surface area contributed by atoms with Gasteiger partial charge in [-0.2, -0.15) is 0 Å². The first-order valence-corrected chi connectivity index (χ1v) is 10.9. The lowest BCUT2D eigenvalue weighted by Crippen LogP contribution is -2.37. The van der Waals surface area contributed by atoms with E-state index in [0.717, 1.165) is 24.3 Å². The SMILES string of the molecule is CCOC(=O)CN[C@H](C)[C@H](CCc1ccccc1)c1ccc(Oc2ccccc2)cc1. The van der Waals surface area contributed by atoms with Gasteiger partial charge < -0.3 is 14.8 Å². The van der Waals surface area contributed by atoms with Crippen molar-refractivity contribution in [2.45, 2.75) is 38.6 Å². The van der Waals surface area contributed by atoms with Crippen molar-refractivity contribution < 1.29 is 14.3 Å². The lowest BCUT2D eigenvalue weighted by atomic mass is 9.87. The Morgan fingerprint density at radius 3 is 2.13 bits per heavy atom. The highest BCUT2D eigenvalue weighted by Gasteiger charge is 2.20. The molecule has 0 radical (unpaired) electrons. The molecule has 0 aromatic heterocycles. The number of hydrogen-bond donors (Lipinski definition) is 1. The van der Waals surface area contributed by atoms with Crippen LogP contribution in [0.5, 0.6) is 11.5 Å². The second-order valence-corrected chi connectivity index (χ2v) is 7.59. The lowest BCUT2D eigenvalue weighted by molar-refractivity contribution is -0.142. The van der Waals surface area contributed by atoms with Crippen LogP contribution >= 0.6 is 0 Å². The molecule has 0 amide bonds. The largest absolute Gasteiger partial charge is 0.465 e. The molecule has 3 rings (SSSR count). The lowest BCUT2D eigenvalue weighted by Gasteiger charge is -2.26. The molecule has 3 aromatic rings. The molecule has 0 aliphatic rings. The number of ether oxygens (including phenoxy) is 2. The van der Waals surface area contributed by atoms with Gasteiger partial charge in [0.15, 0.2) is 0 Å². The molecule has 0 unspecified atom stereocenters. The van der Waals surface area contributed by atoms with Crippen molar-refractivity contribution >= 4 is 5.97 Å². The van der Waals surface area contributed by atoms with Crippen LogP contribution in [0.25, 0.3) is 0 Å². The number of esters is 1. The molecule has 0 bridgehead atoms. The molecular weight excluding hydrogens is 386 g/mol. The molecule has 3 aromatic carbocycles. The van der Waals surface area contributed by atoms with Crippen LogP contribution in [0.1, 0.15) is 37.3 Å². The van der Waals surface area contributed by atoms with Gasteiger partial charge in [0.2, 0.25) is 0 Å². The van der Waals surface area contributed by atoms with Crippen molar-refractivity contribution in [2.24, 2.45) is 0 Å². The van der Waals surface area contributed by atoms with Crippen molar-refractivity contribution in [2.75, 3.05) is 13.2 Å². The second-order valence-electron chi connectivity index (χ2n) is 7.59. The minimum absolute atomic E-state index is 0.119. The molecule has 0 heterocycles. The molecule has 4 heteroatoms. The second kappa shape index (κ2) is 11.9. The van der Waals surface area contributed by atoms with E-state index in [0.29, 0.717) is 6.61 Å². The van der Waals surface area contributed by atoms with Gasteiger partial charge in [-0.1, -0.05) is 60.7 Å². The van der Waals surface area contributed by atoms with Gasteiger partial charge in [-0.3, -0.25) is 4.79 Å². The molecule has 0 aliphatic carbocycles. The minimum atomic E-state index is -0.220. The summed E-state index contributed by atoms with van der Waals surface area (Å²) in [5, 5.41) is 3.35. The monoisotopic (exact) mass is 417 g/mol. The van der Waals surface area contributed by atoms with Crippen molar-refractivity contribution in [3.63, 3.8) is 0 Å². The average molecular weight is 418 g/mol. The third-order valence-corrected chi connectivity index (χ3v) is 5.35. The first-order chi connectivity index (χ1) is 15.2. The predicted octanol–water partition coefficient (Wildman–Crippen LogP) is 5.74. The van der Waals surface area contributed by atoms with Gasteiger partial charge in [-0.05, 0) is 68.0 Å². The van der Waals surface area contributed by atoms with E-state index in [9.17, 15) is 4.79 Å². The molecule has 31 heavy (non-hydrogen) atoms. The van der Waals surface area contributed by atoms with Gasteiger partial charge in [0.05, 0.1) is 13.2 Å². The molecule has 162 valence electrons. The Bertz CT molecular complexity index is 910. The number of hydrogen-bond acceptors (Lipinski definition) is 4. The molecule has 0 aliphatic heterocycles. The summed E-state index contributed by atoms with van der Waals surface area (Å²) in [4.78, 5) is 11.8. The van der Waals surface area contributed by atoms with Gasteiger partial charge in [0, 0.05) is 6.04 Å². The number of aryl methyl sites for hydroxylation is 1. The zero-order valence-electron chi connectivity index (χ0n) is 18.3. The van der Waals surface area contributed by atoms with E-state index >= 15 is 0 Å². The summed E-state index contributed by atoms with van der Waals surface area (Å²) in [6.45, 7) is 4.56. The highest BCUT2D eigenvalue weighted by Crippen LogP contribution is 2.29. The van der Waals surface area contributed by atoms with Crippen LogP contribution in [0.15, 0.2) is 84.9 Å². The summed E-state index contributed by atoms with van der Waals surface area (Å²) in [7, 11) is 0. The predicted molar refractivity (Wildman–Crippen MR) is 125 cm³/mol. The van der Waals surface area contributed by atoms with Crippen LogP contribution in [-0.2, 0) is 16.0 Å². The standard InChI is InChI=1S/C27H31NO3/c1-3-30-27(29)20-28-21(2)26(19-14-22-10-6-4-7-11-22)23-15-17-25(18-16-23)31-24-12-8-5-9-13-24/h4-13,15-18,21,26,28H,3,14,19-20H2,1-2H3/t21-,26+/m1/s1. The smallest absolute Gasteiger partial charge is 0.319 e. The molecule has 0 spiro atoms. The van der Waals surface area contributed by atoms with E-state index in [4.69, 9.17) is 9.47 Å². The van der Waals surface area contributed by atoms with Crippen molar-refractivity contribution in [1.29, 1.82) is 0 Å². The zero-order valence-corrected chi connectivity index (χ0v) is 18.3. The summed E-state index contributed by atoms with van der Waals surface area (Å²) in [6, 6.07) is 28.7. The van der Waals surface area contributed by atoms with Gasteiger partial charge >= 0.3 is 5.97 Å². The summed E-state index contributed by atoms with van der Waals surface area (Å²) < 4.78 is 11.0. The maximum Gasteiger partial charge on any atom is 0.319 e. The van der Waals surface area contributed by atoms with Crippen molar-refractivity contribution in [1.82, 2.24) is 5.32 Å². The van der Waals surface area contributed by atoms with Crippen molar-refractivity contribution in [3.05, 3.63) is 96.1 Å². The van der Waals surface area contributed by atoms with Gasteiger partial charge in [-0.15, -0.1) is 0 Å². The van der Waals surface area contributed by atoms with E-state index in [1.165, 1.54) is 11.1 Å². The quantitative estimate of drug-likeness (QED) is 0.404. The van der Waals surface area contributed by atoms with Gasteiger partial charge in [0.25, 0.3) is 0 Å². The molecular formula is C27H31NO3. The molecule has 1 N–H and O–H groups in total. The van der Waals surface area contributed by atoms with E-state index in [-0.39, 0.29) is 24.5 Å². The summed E-state index contributed by atoms with van der Waals surface area (Å²) in [5.74, 6) is 1.66. The topological polar surface area (TPSA) is 47.6 Å². The maximum atomic E-state index is 11.8. The maximum absolute atomic E-state index is 11.8. The third-order valence-electron chi connectivity index (χ3n) is 5.35. The van der Waals surface area contributed by atoms with Crippen LogP contribution in [-0.4, -0.2) is 25.2 Å². The van der Waals surface area contributed by atoms with Crippen molar-refractivity contribution in [3.8, 4) is 11.5 Å². The third kappa shape index (κ3) is 7.26. The highest BCUT2D eigenvalue weighted by molar-refractivity contribution is 5.71. The first kappa shape index (κ1) is 22.6. The summed E-state index contributed by atoms with van der Waals surface area (Å²) in [5.41, 5.74) is 2.54. The van der Waals surface area contributed by atoms with E-state index < -0.39 is 0 Å². The Labute approximate surface area is 185 Å². The Hall–Kier alpha value is -3.11. The van der Waals surface area contributed by atoms with Crippen LogP contribution in [0.4, 0.5) is 0 Å². The molecule has 0 fully saturated rings. The number of benzene rings is 3. The fraction of sp³-hybridized carbons (Fsp3) is 0.296. The Kier molecular flexibility index (Phi) is 8.68. The number of carbonyl (C=O) groups is 1. The minimum Gasteiger partial charge on any atom is -0.465 e. The number of nitrogens with one attached hydrogen (secondary N) is 1. The normalized spacial score (nSPS) is 12.7. The molecule has 0 saturated carbocycles. The average Bonchev–Trinajstić information content (AvgIpc) is 2.80. The van der Waals surface area contributed by atoms with E-state index in [1.807, 2.05) is 55.5 Å². The summed E-state index contributed by atoms with van der Waals surface area (Å²) in [6.07, 6.45) is 1.94. The fourth-order valence-corrected chi connectivity index (χ4v) is 3.68. The van der Waals surface area contributed by atoms with Gasteiger partial charge in [0.1, 0.15) is 11.5 Å². The molecule has 2 atom stereocenters. The fourth-order valence-electron chi connectivity index (χ4n) is 3.68. The molecule has 4 nitrogen and oxygen atoms in total. The van der Waals surface area contributed by atoms with Gasteiger partial charge in [-0.25, -0.2) is 0 Å². The van der Waals surface area contributed by atoms with E-state index in [2.05, 4.69) is 48.6 Å². The Balaban J connectivity index is 1.70. The number of carbonyl (C=O) groups excluding carboxylic acids is 1. The van der Waals surface area contributed by atoms with Crippen LogP contribution in [0.3, 0.4) is 0 Å². The number of para-hydroxylation sites is 1. The zero-order chi connectivity index (χ0) is 21.9. The van der Waals surface area contributed by atoms with Crippen LogP contribution < -0.4 is 10.1 Å². The first-order valence-electron chi connectivity index (χ1n) is 10.9. The van der Waals surface area contributed by atoms with Crippen LogP contribution in [0.2, 0.25) is 0 Å².